The molecule has 0 aromatic heterocycles. The maximum Gasteiger partial charge on any atom is 0.319 e. The molecule has 0 spiro atoms. The number of rotatable bonds is 2. The van der Waals surface area contributed by atoms with Crippen LogP contribution in [0.4, 0.5) is 10.5 Å². The van der Waals surface area contributed by atoms with E-state index in [0.717, 1.165) is 0 Å². The number of carbonyl (C=O) groups is 1. The van der Waals surface area contributed by atoms with Crippen LogP contribution in [0.2, 0.25) is 10.0 Å². The van der Waals surface area contributed by atoms with E-state index in [2.05, 4.69) is 10.6 Å². The third-order valence-corrected chi connectivity index (χ3v) is 3.50. The number of amides is 2. The minimum Gasteiger partial charge on any atom is -0.505 e. The number of halogens is 2. The average molecular weight is 305 g/mol. The van der Waals surface area contributed by atoms with Crippen LogP contribution in [0.5, 0.6) is 5.75 Å². The molecule has 3 N–H and O–H groups in total. The van der Waals surface area contributed by atoms with Crippen LogP contribution in [0.15, 0.2) is 12.1 Å². The summed E-state index contributed by atoms with van der Waals surface area (Å²) in [6, 6.07) is 2.52. The second kappa shape index (κ2) is 5.88. The summed E-state index contributed by atoms with van der Waals surface area (Å²) >= 11 is 11.5. The van der Waals surface area contributed by atoms with Gasteiger partial charge in [0.2, 0.25) is 0 Å². The Labute approximate surface area is 123 Å². The van der Waals surface area contributed by atoms with Crippen LogP contribution < -0.4 is 10.6 Å². The summed E-state index contributed by atoms with van der Waals surface area (Å²) in [7, 11) is 0. The number of phenols is 1. The Morgan fingerprint density at radius 3 is 2.16 bits per heavy atom. The van der Waals surface area contributed by atoms with Crippen LogP contribution in [-0.2, 0) is 0 Å². The van der Waals surface area contributed by atoms with E-state index in [0.29, 0.717) is 5.69 Å². The van der Waals surface area contributed by atoms with Crippen molar-refractivity contribution in [1.82, 2.24) is 5.32 Å². The number of urea groups is 1. The van der Waals surface area contributed by atoms with E-state index < -0.39 is 0 Å². The summed E-state index contributed by atoms with van der Waals surface area (Å²) in [5.41, 5.74) is 0.383. The number of hydrogen-bond donors (Lipinski definition) is 3. The molecule has 1 aromatic rings. The smallest absolute Gasteiger partial charge is 0.319 e. The first-order valence-corrected chi connectivity index (χ1v) is 6.62. The van der Waals surface area contributed by atoms with E-state index >= 15 is 0 Å². The molecule has 0 radical (unpaired) electrons. The Balaban J connectivity index is 2.73. The third-order valence-electron chi connectivity index (χ3n) is 2.92. The second-order valence-corrected chi connectivity index (χ2v) is 6.29. The number of hydrogen-bond acceptors (Lipinski definition) is 2. The summed E-state index contributed by atoms with van der Waals surface area (Å²) in [6.07, 6.45) is 0. The highest BCUT2D eigenvalue weighted by Gasteiger charge is 2.21. The zero-order valence-corrected chi connectivity index (χ0v) is 12.9. The Hall–Kier alpha value is -1.13. The van der Waals surface area contributed by atoms with Gasteiger partial charge in [0, 0.05) is 11.7 Å². The van der Waals surface area contributed by atoms with Crippen molar-refractivity contribution in [3.63, 3.8) is 0 Å². The SMILES string of the molecule is CC(NC(=O)Nc1cc(Cl)c(O)c(Cl)c1)C(C)(C)C. The quantitative estimate of drug-likeness (QED) is 0.715. The summed E-state index contributed by atoms with van der Waals surface area (Å²) in [5.74, 6) is -0.197. The number of carbonyl (C=O) groups excluding carboxylic acids is 1. The van der Waals surface area contributed by atoms with Gasteiger partial charge in [-0.1, -0.05) is 44.0 Å². The maximum absolute atomic E-state index is 11.8. The van der Waals surface area contributed by atoms with Gasteiger partial charge in [0.15, 0.2) is 5.75 Å². The lowest BCUT2D eigenvalue weighted by atomic mass is 9.88. The molecule has 1 aromatic carbocycles. The standard InChI is InChI=1S/C13H18Cl2N2O2/c1-7(13(2,3)4)16-12(19)17-8-5-9(14)11(18)10(15)6-8/h5-7,18H,1-4H3,(H2,16,17,19). The second-order valence-electron chi connectivity index (χ2n) is 5.47. The molecule has 0 saturated heterocycles. The van der Waals surface area contributed by atoms with Crippen molar-refractivity contribution in [2.45, 2.75) is 33.7 Å². The lowest BCUT2D eigenvalue weighted by Crippen LogP contribution is -2.43. The lowest BCUT2D eigenvalue weighted by molar-refractivity contribution is 0.233. The Morgan fingerprint density at radius 1 is 1.26 bits per heavy atom. The Kier molecular flexibility index (Phi) is 4.93. The van der Waals surface area contributed by atoms with Gasteiger partial charge in [-0.2, -0.15) is 0 Å². The van der Waals surface area contributed by atoms with Gasteiger partial charge in [-0.3, -0.25) is 0 Å². The van der Waals surface area contributed by atoms with Gasteiger partial charge in [-0.05, 0) is 24.5 Å². The van der Waals surface area contributed by atoms with Crippen molar-refractivity contribution in [2.75, 3.05) is 5.32 Å². The van der Waals surface area contributed by atoms with E-state index in [1.165, 1.54) is 12.1 Å². The molecule has 0 fully saturated rings. The number of nitrogens with one attached hydrogen (secondary N) is 2. The molecule has 2 amide bonds. The van der Waals surface area contributed by atoms with Crippen LogP contribution in [0.1, 0.15) is 27.7 Å². The molecule has 19 heavy (non-hydrogen) atoms. The maximum atomic E-state index is 11.8. The molecular formula is C13H18Cl2N2O2. The zero-order chi connectivity index (χ0) is 14.8. The van der Waals surface area contributed by atoms with E-state index in [1.54, 1.807) is 0 Å². The first kappa shape index (κ1) is 15.9. The fourth-order valence-electron chi connectivity index (χ4n) is 1.22. The molecule has 1 rings (SSSR count). The van der Waals surface area contributed by atoms with Crippen molar-refractivity contribution in [1.29, 1.82) is 0 Å². The lowest BCUT2D eigenvalue weighted by Gasteiger charge is -2.28. The first-order valence-electron chi connectivity index (χ1n) is 5.87. The molecule has 0 heterocycles. The fourth-order valence-corrected chi connectivity index (χ4v) is 1.71. The van der Waals surface area contributed by atoms with Crippen LogP contribution in [-0.4, -0.2) is 17.2 Å². The van der Waals surface area contributed by atoms with Gasteiger partial charge in [0.1, 0.15) is 0 Å². The van der Waals surface area contributed by atoms with E-state index in [1.807, 2.05) is 27.7 Å². The van der Waals surface area contributed by atoms with Crippen LogP contribution in [0.3, 0.4) is 0 Å². The molecule has 6 heteroatoms. The molecule has 0 saturated carbocycles. The highest BCUT2D eigenvalue weighted by molar-refractivity contribution is 6.37. The Morgan fingerprint density at radius 2 is 1.74 bits per heavy atom. The molecule has 0 aliphatic rings. The van der Waals surface area contributed by atoms with Crippen molar-refractivity contribution >= 4 is 34.9 Å². The molecule has 1 unspecified atom stereocenters. The number of aromatic hydroxyl groups is 1. The van der Waals surface area contributed by atoms with Crippen molar-refractivity contribution < 1.29 is 9.90 Å². The van der Waals surface area contributed by atoms with Gasteiger partial charge in [0.25, 0.3) is 0 Å². The van der Waals surface area contributed by atoms with Gasteiger partial charge in [-0.25, -0.2) is 4.79 Å². The Bertz CT molecular complexity index is 461. The molecule has 1 atom stereocenters. The van der Waals surface area contributed by atoms with Gasteiger partial charge >= 0.3 is 6.03 Å². The van der Waals surface area contributed by atoms with Gasteiger partial charge < -0.3 is 15.7 Å². The minimum absolute atomic E-state index is 0.00411. The highest BCUT2D eigenvalue weighted by Crippen LogP contribution is 2.34. The van der Waals surface area contributed by atoms with E-state index in [-0.39, 0.29) is 33.3 Å². The summed E-state index contributed by atoms with van der Waals surface area (Å²) in [5, 5.41) is 15.1. The van der Waals surface area contributed by atoms with Crippen molar-refractivity contribution in [2.24, 2.45) is 5.41 Å². The van der Waals surface area contributed by atoms with Crippen LogP contribution >= 0.6 is 23.2 Å². The fraction of sp³-hybridized carbons (Fsp3) is 0.462. The number of benzene rings is 1. The van der Waals surface area contributed by atoms with Crippen LogP contribution in [0.25, 0.3) is 0 Å². The molecule has 4 nitrogen and oxygen atoms in total. The van der Waals surface area contributed by atoms with Crippen LogP contribution in [0, 0.1) is 5.41 Å². The zero-order valence-electron chi connectivity index (χ0n) is 11.3. The topological polar surface area (TPSA) is 61.4 Å². The third kappa shape index (κ3) is 4.48. The van der Waals surface area contributed by atoms with Crippen molar-refractivity contribution in [3.8, 4) is 5.75 Å². The van der Waals surface area contributed by atoms with Crippen molar-refractivity contribution in [3.05, 3.63) is 22.2 Å². The van der Waals surface area contributed by atoms with E-state index in [4.69, 9.17) is 23.2 Å². The largest absolute Gasteiger partial charge is 0.505 e. The number of anilines is 1. The minimum atomic E-state index is -0.347. The van der Waals surface area contributed by atoms with Gasteiger partial charge in [0.05, 0.1) is 10.0 Å². The predicted octanol–water partition coefficient (Wildman–Crippen LogP) is 4.26. The molecule has 0 bridgehead atoms. The number of phenolic OH excluding ortho intramolecular Hbond substituents is 1. The summed E-state index contributed by atoms with van der Waals surface area (Å²) in [6.45, 7) is 8.03. The van der Waals surface area contributed by atoms with Gasteiger partial charge in [-0.15, -0.1) is 0 Å². The first-order chi connectivity index (χ1) is 8.61. The molecular weight excluding hydrogens is 287 g/mol. The summed E-state index contributed by atoms with van der Waals surface area (Å²) in [4.78, 5) is 11.8. The molecule has 106 valence electrons. The monoisotopic (exact) mass is 304 g/mol. The molecule has 0 aliphatic heterocycles. The van der Waals surface area contributed by atoms with E-state index in [9.17, 15) is 9.90 Å². The highest BCUT2D eigenvalue weighted by atomic mass is 35.5. The predicted molar refractivity (Wildman–Crippen MR) is 79.2 cm³/mol. The summed E-state index contributed by atoms with van der Waals surface area (Å²) < 4.78 is 0. The normalized spacial score (nSPS) is 12.9. The average Bonchev–Trinajstić information content (AvgIpc) is 2.24. The molecule has 0 aliphatic carbocycles.